The van der Waals surface area contributed by atoms with Gasteiger partial charge >= 0.3 is 0 Å². The first kappa shape index (κ1) is 34.4. The summed E-state index contributed by atoms with van der Waals surface area (Å²) in [6, 6.07) is 16.3. The van der Waals surface area contributed by atoms with Crippen molar-refractivity contribution in [3.63, 3.8) is 0 Å². The lowest BCUT2D eigenvalue weighted by Gasteiger charge is -2.36. The molecule has 0 saturated carbocycles. The summed E-state index contributed by atoms with van der Waals surface area (Å²) in [6.45, 7) is 7.88. The number of aliphatic hydroxyl groups is 1. The summed E-state index contributed by atoms with van der Waals surface area (Å²) in [5.41, 5.74) is 1.62. The van der Waals surface area contributed by atoms with Gasteiger partial charge in [0.25, 0.3) is 15.9 Å². The standard InChI is InChI=1S/C34H46N4O6S/c1-25-21-38(26(2)24-39)34(40)31-20-29(36-45(41,42)30-11-6-5-7-12-30)13-14-32(31)44-27(3)10-8-9-19-43-33(25)23-37(4)22-28-15-17-35-18-16-28/h5-7,11-18,20,25-27,33,36,39H,8-10,19,21-24H2,1-4H3/t25-,26+,27+,33+/m1/s1. The first-order valence-electron chi connectivity index (χ1n) is 15.6. The number of benzene rings is 2. The van der Waals surface area contributed by atoms with Crippen molar-refractivity contribution in [3.8, 4) is 5.75 Å². The van der Waals surface area contributed by atoms with Crippen molar-refractivity contribution < 1.29 is 27.8 Å². The van der Waals surface area contributed by atoms with E-state index < -0.39 is 16.1 Å². The van der Waals surface area contributed by atoms with Gasteiger partial charge in [-0.05, 0) is 88.2 Å². The molecule has 0 bridgehead atoms. The molecule has 4 rings (SSSR count). The van der Waals surface area contributed by atoms with Crippen molar-refractivity contribution in [2.24, 2.45) is 5.92 Å². The van der Waals surface area contributed by atoms with E-state index in [1.165, 1.54) is 18.2 Å². The lowest BCUT2D eigenvalue weighted by molar-refractivity contribution is -0.0177. The summed E-state index contributed by atoms with van der Waals surface area (Å²) in [5.74, 6) is -0.0546. The fraction of sp³-hybridized carbons (Fsp3) is 0.471. The average Bonchev–Trinajstić information content (AvgIpc) is 3.03. The maximum absolute atomic E-state index is 14.3. The fourth-order valence-corrected chi connectivity index (χ4v) is 6.50. The number of anilines is 1. The number of amides is 1. The number of hydrogen-bond acceptors (Lipinski definition) is 8. The van der Waals surface area contributed by atoms with Gasteiger partial charge in [-0.1, -0.05) is 25.1 Å². The number of likely N-dealkylation sites (N-methyl/N-ethyl adjacent to an activating group) is 1. The zero-order valence-corrected chi connectivity index (χ0v) is 27.4. The number of rotatable bonds is 9. The summed E-state index contributed by atoms with van der Waals surface area (Å²) < 4.78 is 41.5. The van der Waals surface area contributed by atoms with Crippen LogP contribution in [0, 0.1) is 5.92 Å². The fourth-order valence-electron chi connectivity index (χ4n) is 5.43. The number of aromatic nitrogens is 1. The number of aliphatic hydroxyl groups excluding tert-OH is 1. The van der Waals surface area contributed by atoms with Crippen molar-refractivity contribution in [2.45, 2.75) is 69.7 Å². The third-order valence-electron chi connectivity index (χ3n) is 8.05. The van der Waals surface area contributed by atoms with Gasteiger partial charge in [-0.25, -0.2) is 8.42 Å². The monoisotopic (exact) mass is 638 g/mol. The van der Waals surface area contributed by atoms with E-state index >= 15 is 0 Å². The number of carbonyl (C=O) groups excluding carboxylic acids is 1. The van der Waals surface area contributed by atoms with Crippen LogP contribution in [0.5, 0.6) is 5.75 Å². The van der Waals surface area contributed by atoms with Crippen molar-refractivity contribution >= 4 is 21.6 Å². The summed E-state index contributed by atoms with van der Waals surface area (Å²) in [7, 11) is -1.83. The summed E-state index contributed by atoms with van der Waals surface area (Å²) >= 11 is 0. The minimum absolute atomic E-state index is 0.0751. The summed E-state index contributed by atoms with van der Waals surface area (Å²) in [6.07, 6.45) is 5.73. The minimum Gasteiger partial charge on any atom is -0.490 e. The number of carbonyl (C=O) groups is 1. The Bertz CT molecular complexity index is 1470. The van der Waals surface area contributed by atoms with Crippen LogP contribution >= 0.6 is 0 Å². The number of nitrogens with one attached hydrogen (secondary N) is 1. The number of sulfonamides is 1. The molecule has 0 saturated heterocycles. The highest BCUT2D eigenvalue weighted by Crippen LogP contribution is 2.29. The summed E-state index contributed by atoms with van der Waals surface area (Å²) in [5, 5.41) is 10.2. The molecule has 244 valence electrons. The van der Waals surface area contributed by atoms with Crippen LogP contribution in [0.1, 0.15) is 56.0 Å². The molecule has 4 atom stereocenters. The number of fused-ring (bicyclic) bond motifs is 1. The van der Waals surface area contributed by atoms with Crippen molar-refractivity contribution in [1.82, 2.24) is 14.8 Å². The molecule has 11 heteroatoms. The minimum atomic E-state index is -3.88. The Morgan fingerprint density at radius 1 is 1.09 bits per heavy atom. The van der Waals surface area contributed by atoms with Crippen molar-refractivity contribution in [2.75, 3.05) is 38.1 Å². The van der Waals surface area contributed by atoms with Gasteiger partial charge in [-0.3, -0.25) is 19.4 Å². The second-order valence-corrected chi connectivity index (χ2v) is 13.7. The van der Waals surface area contributed by atoms with Crippen LogP contribution in [0.4, 0.5) is 5.69 Å². The normalized spacial score (nSPS) is 21.0. The van der Waals surface area contributed by atoms with Crippen molar-refractivity contribution in [1.29, 1.82) is 0 Å². The van der Waals surface area contributed by atoms with E-state index in [1.807, 2.05) is 26.1 Å². The SMILES string of the molecule is C[C@@H]1CN([C@@H](C)CO)C(=O)c2cc(NS(=O)(=O)c3ccccc3)ccc2O[C@@H](C)CCCCO[C@H]1CN(C)Cc1ccncc1. The molecule has 0 fully saturated rings. The second-order valence-electron chi connectivity index (χ2n) is 12.0. The molecule has 0 spiro atoms. The summed E-state index contributed by atoms with van der Waals surface area (Å²) in [4.78, 5) is 22.4. The van der Waals surface area contributed by atoms with Crippen molar-refractivity contribution in [3.05, 3.63) is 84.2 Å². The van der Waals surface area contributed by atoms with Gasteiger partial charge in [0.05, 0.1) is 35.3 Å². The first-order valence-corrected chi connectivity index (χ1v) is 17.0. The Hall–Kier alpha value is -3.51. The molecular weight excluding hydrogens is 592 g/mol. The van der Waals surface area contributed by atoms with Crippen LogP contribution in [0.25, 0.3) is 0 Å². The molecule has 0 aliphatic carbocycles. The highest BCUT2D eigenvalue weighted by molar-refractivity contribution is 7.92. The maximum Gasteiger partial charge on any atom is 0.261 e. The van der Waals surface area contributed by atoms with Crippen LogP contribution in [0.3, 0.4) is 0 Å². The Balaban J connectivity index is 1.64. The lowest BCUT2D eigenvalue weighted by atomic mass is 10.0. The second kappa shape index (κ2) is 16.2. The van der Waals surface area contributed by atoms with Crippen LogP contribution < -0.4 is 9.46 Å². The molecule has 0 unspecified atom stereocenters. The first-order chi connectivity index (χ1) is 21.6. The highest BCUT2D eigenvalue weighted by Gasteiger charge is 2.30. The molecule has 2 N–H and O–H groups in total. The third-order valence-corrected chi connectivity index (χ3v) is 9.45. The molecule has 0 radical (unpaired) electrons. The van der Waals surface area contributed by atoms with E-state index in [1.54, 1.807) is 54.5 Å². The molecule has 1 aliphatic heterocycles. The van der Waals surface area contributed by atoms with E-state index in [2.05, 4.69) is 21.5 Å². The molecule has 45 heavy (non-hydrogen) atoms. The Labute approximate surface area is 267 Å². The van der Waals surface area contributed by atoms with Gasteiger partial charge in [0.15, 0.2) is 0 Å². The number of hydrogen-bond donors (Lipinski definition) is 2. The third kappa shape index (κ3) is 9.74. The largest absolute Gasteiger partial charge is 0.490 e. The average molecular weight is 639 g/mol. The van der Waals surface area contributed by atoms with E-state index in [0.29, 0.717) is 25.4 Å². The van der Waals surface area contributed by atoms with Gasteiger partial charge in [0, 0.05) is 50.2 Å². The molecule has 1 aromatic heterocycles. The Kier molecular flexibility index (Phi) is 12.3. The van der Waals surface area contributed by atoms with Crippen LogP contribution in [-0.4, -0.2) is 85.8 Å². The van der Waals surface area contributed by atoms with Crippen LogP contribution in [-0.2, 0) is 21.3 Å². The molecule has 10 nitrogen and oxygen atoms in total. The quantitative estimate of drug-likeness (QED) is 0.343. The van der Waals surface area contributed by atoms with E-state index in [-0.39, 0.29) is 46.8 Å². The van der Waals surface area contributed by atoms with Crippen LogP contribution in [0.2, 0.25) is 0 Å². The van der Waals surface area contributed by atoms with Crippen LogP contribution in [0.15, 0.2) is 78.0 Å². The van der Waals surface area contributed by atoms with Gasteiger partial charge < -0.3 is 19.5 Å². The zero-order chi connectivity index (χ0) is 32.4. The molecular formula is C34H46N4O6S. The van der Waals surface area contributed by atoms with E-state index in [0.717, 1.165) is 31.4 Å². The highest BCUT2D eigenvalue weighted by atomic mass is 32.2. The van der Waals surface area contributed by atoms with E-state index in [9.17, 15) is 18.3 Å². The van der Waals surface area contributed by atoms with Gasteiger partial charge in [-0.15, -0.1) is 0 Å². The molecule has 2 heterocycles. The molecule has 3 aromatic rings. The van der Waals surface area contributed by atoms with Gasteiger partial charge in [0.2, 0.25) is 0 Å². The topological polar surface area (TPSA) is 121 Å². The maximum atomic E-state index is 14.3. The molecule has 1 aliphatic rings. The predicted molar refractivity (Wildman–Crippen MR) is 175 cm³/mol. The van der Waals surface area contributed by atoms with Gasteiger partial charge in [0.1, 0.15) is 5.75 Å². The molecule has 1 amide bonds. The molecule has 2 aromatic carbocycles. The smallest absolute Gasteiger partial charge is 0.261 e. The van der Waals surface area contributed by atoms with Gasteiger partial charge in [-0.2, -0.15) is 0 Å². The number of pyridine rings is 1. The Morgan fingerprint density at radius 3 is 2.53 bits per heavy atom. The zero-order valence-electron chi connectivity index (χ0n) is 26.6. The lowest BCUT2D eigenvalue weighted by Crippen LogP contribution is -2.47. The Morgan fingerprint density at radius 2 is 1.82 bits per heavy atom. The predicted octanol–water partition coefficient (Wildman–Crippen LogP) is 4.81. The van der Waals surface area contributed by atoms with E-state index in [4.69, 9.17) is 9.47 Å². The number of ether oxygens (including phenoxy) is 2. The number of nitrogens with zero attached hydrogens (tertiary/aromatic N) is 3.